The van der Waals surface area contributed by atoms with Gasteiger partial charge < -0.3 is 20.1 Å². The van der Waals surface area contributed by atoms with Crippen molar-refractivity contribution >= 4 is 17.6 Å². The van der Waals surface area contributed by atoms with E-state index in [1.807, 2.05) is 89.2 Å². The predicted octanol–water partition coefficient (Wildman–Crippen LogP) is 7.25. The van der Waals surface area contributed by atoms with Gasteiger partial charge in [-0.2, -0.15) is 0 Å². The van der Waals surface area contributed by atoms with Crippen LogP contribution in [-0.2, 0) is 16.1 Å². The number of aryl methyl sites for hydroxylation is 2. The number of hydrogen-bond donors (Lipinski definition) is 2. The van der Waals surface area contributed by atoms with Crippen LogP contribution in [0.15, 0.2) is 54.6 Å². The normalized spacial score (nSPS) is 19.4. The van der Waals surface area contributed by atoms with Crippen LogP contribution in [0.4, 0.5) is 5.69 Å². The van der Waals surface area contributed by atoms with Crippen LogP contribution in [0.25, 0.3) is 11.1 Å². The number of aromatic nitrogens is 1. The van der Waals surface area contributed by atoms with E-state index in [2.05, 4.69) is 10.2 Å². The maximum atomic E-state index is 13.0. The summed E-state index contributed by atoms with van der Waals surface area (Å²) in [6.45, 7) is 11.8. The molecule has 1 saturated heterocycles. The van der Waals surface area contributed by atoms with Gasteiger partial charge in [0.25, 0.3) is 5.91 Å². The minimum absolute atomic E-state index is 0.140. The highest BCUT2D eigenvalue weighted by Crippen LogP contribution is 2.46. The molecule has 1 aliphatic heterocycles. The van der Waals surface area contributed by atoms with Crippen LogP contribution in [-0.4, -0.2) is 40.7 Å². The number of carboxylic acid groups (broad SMARTS) is 1. The van der Waals surface area contributed by atoms with Crippen LogP contribution in [0, 0.1) is 25.7 Å². The number of ether oxygens (including phenoxy) is 1. The highest BCUT2D eigenvalue weighted by molar-refractivity contribution is 5.95. The number of hydrogen-bond acceptors (Lipinski definition) is 5. The standard InChI is InChI=1S/C36H45N3O4/c1-23-30(27-15-17-28(18-16-27)34(40)37-21-25-11-7-6-8-12-25)32(39-20-19-26-13-9-10-14-29(26)22-39)31(24(2)38-23)33(35(41)42)43-36(3,4)5/h6-8,11-12,15-18,26,29,33H,9-10,13-14,19-22H2,1-5H3,(H,37,40)(H,41,42)/t26-,29-,33?/m1/s1. The van der Waals surface area contributed by atoms with Crippen molar-refractivity contribution in [1.29, 1.82) is 0 Å². The molecule has 1 amide bonds. The molecule has 2 heterocycles. The predicted molar refractivity (Wildman–Crippen MR) is 170 cm³/mol. The lowest BCUT2D eigenvalue weighted by Crippen LogP contribution is -2.43. The molecule has 1 aromatic heterocycles. The molecule has 2 aromatic carbocycles. The van der Waals surface area contributed by atoms with Crippen molar-refractivity contribution in [3.05, 3.63) is 82.7 Å². The second-order valence-electron chi connectivity index (χ2n) is 13.2. The maximum Gasteiger partial charge on any atom is 0.337 e. The minimum atomic E-state index is -1.16. The summed E-state index contributed by atoms with van der Waals surface area (Å²) in [5.41, 5.74) is 5.82. The first-order valence-electron chi connectivity index (χ1n) is 15.6. The lowest BCUT2D eigenvalue weighted by atomic mass is 9.74. The number of carbonyl (C=O) groups is 2. The quantitative estimate of drug-likeness (QED) is 0.290. The molecule has 0 bridgehead atoms. The van der Waals surface area contributed by atoms with E-state index in [9.17, 15) is 14.7 Å². The van der Waals surface area contributed by atoms with Gasteiger partial charge in [-0.05, 0) is 82.6 Å². The van der Waals surface area contributed by atoms with Crippen LogP contribution in [0.1, 0.15) is 91.9 Å². The fraction of sp³-hybridized carbons (Fsp3) is 0.472. The molecule has 1 saturated carbocycles. The number of anilines is 1. The van der Waals surface area contributed by atoms with Gasteiger partial charge in [-0.3, -0.25) is 9.78 Å². The molecule has 2 fully saturated rings. The maximum absolute atomic E-state index is 13.0. The summed E-state index contributed by atoms with van der Waals surface area (Å²) in [7, 11) is 0. The van der Waals surface area contributed by atoms with Gasteiger partial charge in [-0.25, -0.2) is 4.79 Å². The number of nitrogens with one attached hydrogen (secondary N) is 1. The number of carbonyl (C=O) groups excluding carboxylic acids is 1. The topological polar surface area (TPSA) is 91.8 Å². The smallest absolute Gasteiger partial charge is 0.337 e. The minimum Gasteiger partial charge on any atom is -0.479 e. The molecule has 228 valence electrons. The van der Waals surface area contributed by atoms with Crippen molar-refractivity contribution in [2.75, 3.05) is 18.0 Å². The Morgan fingerprint density at radius 3 is 2.30 bits per heavy atom. The first-order valence-corrected chi connectivity index (χ1v) is 15.6. The molecule has 1 unspecified atom stereocenters. The lowest BCUT2D eigenvalue weighted by Gasteiger charge is -2.44. The first-order chi connectivity index (χ1) is 20.5. The van der Waals surface area contributed by atoms with E-state index in [1.165, 1.54) is 25.7 Å². The van der Waals surface area contributed by atoms with Gasteiger partial charge in [0.15, 0.2) is 6.10 Å². The van der Waals surface area contributed by atoms with Gasteiger partial charge in [0.05, 0.1) is 11.3 Å². The Morgan fingerprint density at radius 2 is 1.65 bits per heavy atom. The average Bonchev–Trinajstić information content (AvgIpc) is 2.98. The molecule has 0 radical (unpaired) electrons. The molecule has 0 spiro atoms. The van der Waals surface area contributed by atoms with Gasteiger partial charge >= 0.3 is 5.97 Å². The Balaban J connectivity index is 1.55. The van der Waals surface area contributed by atoms with Crippen molar-refractivity contribution in [2.24, 2.45) is 11.8 Å². The van der Waals surface area contributed by atoms with Crippen molar-refractivity contribution in [3.63, 3.8) is 0 Å². The van der Waals surface area contributed by atoms with Crippen molar-refractivity contribution in [2.45, 2.75) is 85.0 Å². The Bertz CT molecular complexity index is 1450. The number of fused-ring (bicyclic) bond motifs is 1. The van der Waals surface area contributed by atoms with Crippen molar-refractivity contribution in [3.8, 4) is 11.1 Å². The number of benzene rings is 2. The molecule has 3 atom stereocenters. The Labute approximate surface area is 255 Å². The van der Waals surface area contributed by atoms with E-state index in [0.717, 1.165) is 53.5 Å². The zero-order valence-electron chi connectivity index (χ0n) is 26.2. The van der Waals surface area contributed by atoms with Gasteiger partial charge in [-0.15, -0.1) is 0 Å². The monoisotopic (exact) mass is 583 g/mol. The largest absolute Gasteiger partial charge is 0.479 e. The molecular formula is C36H45N3O4. The number of pyridine rings is 1. The Kier molecular flexibility index (Phi) is 9.21. The third kappa shape index (κ3) is 7.10. The first kappa shape index (κ1) is 30.7. The van der Waals surface area contributed by atoms with Crippen molar-refractivity contribution < 1.29 is 19.4 Å². The number of aliphatic carboxylic acids is 1. The number of piperidine rings is 1. The fourth-order valence-electron chi connectivity index (χ4n) is 6.89. The van der Waals surface area contributed by atoms with Gasteiger partial charge in [0.2, 0.25) is 0 Å². The Morgan fingerprint density at radius 1 is 0.977 bits per heavy atom. The number of amides is 1. The van der Waals surface area contributed by atoms with Crippen molar-refractivity contribution in [1.82, 2.24) is 10.3 Å². The van der Waals surface area contributed by atoms with Crippen LogP contribution in [0.5, 0.6) is 0 Å². The number of nitrogens with zero attached hydrogens (tertiary/aromatic N) is 2. The molecule has 1 aliphatic carbocycles. The van der Waals surface area contributed by atoms with E-state index in [4.69, 9.17) is 9.72 Å². The number of carboxylic acids is 1. The van der Waals surface area contributed by atoms with Crippen LogP contribution >= 0.6 is 0 Å². The van der Waals surface area contributed by atoms with E-state index in [1.54, 1.807) is 0 Å². The lowest BCUT2D eigenvalue weighted by molar-refractivity contribution is -0.160. The zero-order chi connectivity index (χ0) is 30.7. The molecule has 5 rings (SSSR count). The highest BCUT2D eigenvalue weighted by atomic mass is 16.5. The summed E-state index contributed by atoms with van der Waals surface area (Å²) in [5, 5.41) is 13.5. The van der Waals surface area contributed by atoms with Gasteiger partial charge in [0, 0.05) is 47.7 Å². The highest BCUT2D eigenvalue weighted by Gasteiger charge is 2.38. The van der Waals surface area contributed by atoms with Crippen LogP contribution in [0.3, 0.4) is 0 Å². The molecule has 3 aromatic rings. The second-order valence-corrected chi connectivity index (χ2v) is 13.2. The molecule has 2 aliphatic rings. The third-order valence-electron chi connectivity index (χ3n) is 8.88. The average molecular weight is 584 g/mol. The number of rotatable bonds is 8. The summed E-state index contributed by atoms with van der Waals surface area (Å²) in [6.07, 6.45) is 4.99. The molecular weight excluding hydrogens is 538 g/mol. The fourth-order valence-corrected chi connectivity index (χ4v) is 6.89. The summed E-state index contributed by atoms with van der Waals surface area (Å²) in [4.78, 5) is 33.1. The van der Waals surface area contributed by atoms with Gasteiger partial charge in [0.1, 0.15) is 0 Å². The summed E-state index contributed by atoms with van der Waals surface area (Å²) < 4.78 is 6.23. The van der Waals surface area contributed by atoms with E-state index in [-0.39, 0.29) is 5.91 Å². The third-order valence-corrected chi connectivity index (χ3v) is 8.88. The molecule has 2 N–H and O–H groups in total. The van der Waals surface area contributed by atoms with Gasteiger partial charge in [-0.1, -0.05) is 61.7 Å². The zero-order valence-corrected chi connectivity index (χ0v) is 26.2. The van der Waals surface area contributed by atoms with Crippen LogP contribution in [0.2, 0.25) is 0 Å². The van der Waals surface area contributed by atoms with E-state index in [0.29, 0.717) is 29.3 Å². The molecule has 7 nitrogen and oxygen atoms in total. The summed E-state index contributed by atoms with van der Waals surface area (Å²) >= 11 is 0. The summed E-state index contributed by atoms with van der Waals surface area (Å²) in [5.74, 6) is 0.169. The van der Waals surface area contributed by atoms with E-state index < -0.39 is 17.7 Å². The second kappa shape index (κ2) is 12.9. The van der Waals surface area contributed by atoms with Crippen LogP contribution < -0.4 is 10.2 Å². The summed E-state index contributed by atoms with van der Waals surface area (Å²) in [6, 6.07) is 17.4. The van der Waals surface area contributed by atoms with E-state index >= 15 is 0 Å². The SMILES string of the molecule is Cc1nc(C)c(C(OC(C)(C)C)C(=O)O)c(N2CC[C@H]3CCCC[C@@H]3C2)c1-c1ccc(C(=O)NCc2ccccc2)cc1. The Hall–Kier alpha value is -3.71. The molecule has 43 heavy (non-hydrogen) atoms. The molecule has 7 heteroatoms.